The number of para-hydroxylation sites is 2. The van der Waals surface area contributed by atoms with Crippen LogP contribution in [0, 0.1) is 11.3 Å². The van der Waals surface area contributed by atoms with Crippen LogP contribution in [-0.4, -0.2) is 84.6 Å². The zero-order valence-corrected chi connectivity index (χ0v) is 21.1. The maximum atomic E-state index is 13.6. The molecule has 3 fully saturated rings. The predicted octanol–water partition coefficient (Wildman–Crippen LogP) is 1.78. The van der Waals surface area contributed by atoms with Crippen LogP contribution >= 0.6 is 0 Å². The summed E-state index contributed by atoms with van der Waals surface area (Å²) in [5.74, 6) is -0.304. The Bertz CT molecular complexity index is 1080. The number of ether oxygens (including phenoxy) is 2. The van der Waals surface area contributed by atoms with Gasteiger partial charge in [0, 0.05) is 13.1 Å². The summed E-state index contributed by atoms with van der Waals surface area (Å²) >= 11 is 0. The SMILES string of the molecule is CC1CC(C)(C)CC2(C1)NC(=O)N(CC(=O)N1CC(C(=O)N3CCOCC3)Oc3ccccc31)C2=O. The molecule has 3 aliphatic heterocycles. The standard InChI is InChI=1S/C26H34N4O6/c1-17-12-25(2,3)16-26(13-17)23(33)30(24(34)27-26)15-21(31)29-14-20(22(32)28-8-10-35-11-9-28)36-19-7-5-4-6-18(19)29/h4-7,17,20H,8-16H2,1-3H3,(H,27,34). The molecule has 1 aromatic rings. The molecule has 5 rings (SSSR count). The van der Waals surface area contributed by atoms with Crippen molar-refractivity contribution in [3.63, 3.8) is 0 Å². The van der Waals surface area contributed by atoms with Crippen molar-refractivity contribution >= 4 is 29.4 Å². The molecule has 36 heavy (non-hydrogen) atoms. The van der Waals surface area contributed by atoms with Crippen molar-refractivity contribution < 1.29 is 28.7 Å². The van der Waals surface area contributed by atoms with Gasteiger partial charge in [0.15, 0.2) is 6.10 Å². The van der Waals surface area contributed by atoms with Crippen LogP contribution in [0.5, 0.6) is 5.75 Å². The molecule has 3 unspecified atom stereocenters. The van der Waals surface area contributed by atoms with Crippen molar-refractivity contribution in [3.8, 4) is 5.75 Å². The van der Waals surface area contributed by atoms with Gasteiger partial charge in [0.25, 0.3) is 11.8 Å². The summed E-state index contributed by atoms with van der Waals surface area (Å²) in [5, 5.41) is 2.92. The number of nitrogens with zero attached hydrogens (tertiary/aromatic N) is 3. The monoisotopic (exact) mass is 498 g/mol. The molecule has 10 heteroatoms. The van der Waals surface area contributed by atoms with Gasteiger partial charge in [-0.05, 0) is 42.7 Å². The normalized spacial score (nSPS) is 29.6. The summed E-state index contributed by atoms with van der Waals surface area (Å²) in [4.78, 5) is 57.4. The minimum Gasteiger partial charge on any atom is -0.476 e. The Hall–Kier alpha value is -3.14. The highest BCUT2D eigenvalue weighted by atomic mass is 16.5. The Morgan fingerprint density at radius 1 is 1.11 bits per heavy atom. The van der Waals surface area contributed by atoms with Crippen molar-refractivity contribution in [3.05, 3.63) is 24.3 Å². The van der Waals surface area contributed by atoms with Crippen molar-refractivity contribution in [2.24, 2.45) is 11.3 Å². The number of morpholine rings is 1. The summed E-state index contributed by atoms with van der Waals surface area (Å²) in [6.45, 7) is 7.76. The first-order valence-electron chi connectivity index (χ1n) is 12.7. The van der Waals surface area contributed by atoms with Crippen LogP contribution in [0.1, 0.15) is 40.0 Å². The van der Waals surface area contributed by atoms with Crippen molar-refractivity contribution in [1.29, 1.82) is 0 Å². The Kier molecular flexibility index (Phi) is 6.18. The molecule has 4 aliphatic rings. The Labute approximate surface area is 210 Å². The number of carbonyl (C=O) groups excluding carboxylic acids is 4. The molecule has 1 N–H and O–H groups in total. The van der Waals surface area contributed by atoms with E-state index in [1.807, 2.05) is 0 Å². The fraction of sp³-hybridized carbons (Fsp3) is 0.615. The van der Waals surface area contributed by atoms with Crippen molar-refractivity contribution in [1.82, 2.24) is 15.1 Å². The first-order chi connectivity index (χ1) is 17.1. The van der Waals surface area contributed by atoms with Crippen LogP contribution in [0.15, 0.2) is 24.3 Å². The third kappa shape index (κ3) is 4.42. The minimum atomic E-state index is -0.976. The summed E-state index contributed by atoms with van der Waals surface area (Å²) in [6, 6.07) is 6.46. The number of carbonyl (C=O) groups is 4. The van der Waals surface area contributed by atoms with E-state index in [1.165, 1.54) is 4.90 Å². The highest BCUT2D eigenvalue weighted by molar-refractivity contribution is 6.11. The van der Waals surface area contributed by atoms with Gasteiger partial charge >= 0.3 is 6.03 Å². The number of urea groups is 1. The topological polar surface area (TPSA) is 108 Å². The van der Waals surface area contributed by atoms with E-state index in [-0.39, 0.29) is 29.7 Å². The summed E-state index contributed by atoms with van der Waals surface area (Å²) in [7, 11) is 0. The molecule has 3 heterocycles. The lowest BCUT2D eigenvalue weighted by Crippen LogP contribution is -2.56. The fourth-order valence-electron chi connectivity index (χ4n) is 6.46. The first-order valence-corrected chi connectivity index (χ1v) is 12.7. The molecule has 0 radical (unpaired) electrons. The van der Waals surface area contributed by atoms with Gasteiger partial charge in [-0.2, -0.15) is 0 Å². The van der Waals surface area contributed by atoms with Gasteiger partial charge in [-0.3, -0.25) is 19.3 Å². The minimum absolute atomic E-state index is 0.00486. The molecule has 0 bridgehead atoms. The van der Waals surface area contributed by atoms with E-state index in [4.69, 9.17) is 9.47 Å². The van der Waals surface area contributed by atoms with Crippen LogP contribution in [0.25, 0.3) is 0 Å². The van der Waals surface area contributed by atoms with Crippen molar-refractivity contribution in [2.45, 2.75) is 51.7 Å². The molecule has 2 saturated heterocycles. The average molecular weight is 499 g/mol. The lowest BCUT2D eigenvalue weighted by Gasteiger charge is -2.43. The number of imide groups is 1. The van der Waals surface area contributed by atoms with E-state index in [1.54, 1.807) is 29.2 Å². The molecule has 194 valence electrons. The van der Waals surface area contributed by atoms with Crippen LogP contribution in [0.4, 0.5) is 10.5 Å². The molecular weight excluding hydrogens is 464 g/mol. The predicted molar refractivity (Wildman–Crippen MR) is 130 cm³/mol. The van der Waals surface area contributed by atoms with Gasteiger partial charge in [0.1, 0.15) is 17.8 Å². The maximum Gasteiger partial charge on any atom is 0.325 e. The van der Waals surface area contributed by atoms with Gasteiger partial charge < -0.3 is 24.6 Å². The summed E-state index contributed by atoms with van der Waals surface area (Å²) < 4.78 is 11.3. The van der Waals surface area contributed by atoms with Crippen molar-refractivity contribution in [2.75, 3.05) is 44.3 Å². The maximum absolute atomic E-state index is 13.6. The third-order valence-electron chi connectivity index (χ3n) is 7.59. The lowest BCUT2D eigenvalue weighted by molar-refractivity contribution is -0.143. The number of benzene rings is 1. The van der Waals surface area contributed by atoms with E-state index < -0.39 is 30.1 Å². The Morgan fingerprint density at radius 3 is 2.56 bits per heavy atom. The quantitative estimate of drug-likeness (QED) is 0.637. The highest BCUT2D eigenvalue weighted by Crippen LogP contribution is 2.46. The second-order valence-electron chi connectivity index (χ2n) is 11.3. The first kappa shape index (κ1) is 24.5. The molecule has 3 atom stereocenters. The van der Waals surface area contributed by atoms with Crippen LogP contribution in [0.3, 0.4) is 0 Å². The van der Waals surface area contributed by atoms with E-state index in [9.17, 15) is 19.2 Å². The number of hydrogen-bond acceptors (Lipinski definition) is 6. The molecule has 1 saturated carbocycles. The smallest absolute Gasteiger partial charge is 0.325 e. The number of hydrogen-bond donors (Lipinski definition) is 1. The van der Waals surface area contributed by atoms with Gasteiger partial charge in [-0.1, -0.05) is 32.9 Å². The third-order valence-corrected chi connectivity index (χ3v) is 7.59. The molecule has 5 amide bonds. The second-order valence-corrected chi connectivity index (χ2v) is 11.3. The fourth-order valence-corrected chi connectivity index (χ4v) is 6.46. The largest absolute Gasteiger partial charge is 0.476 e. The zero-order valence-electron chi connectivity index (χ0n) is 21.1. The number of nitrogens with one attached hydrogen (secondary N) is 1. The summed E-state index contributed by atoms with van der Waals surface area (Å²) in [5.41, 5.74) is -0.560. The van der Waals surface area contributed by atoms with Crippen LogP contribution in [0.2, 0.25) is 0 Å². The summed E-state index contributed by atoms with van der Waals surface area (Å²) in [6.07, 6.45) is 1.19. The van der Waals surface area contributed by atoms with E-state index in [2.05, 4.69) is 26.1 Å². The molecular formula is C26H34N4O6. The zero-order chi connectivity index (χ0) is 25.7. The molecule has 0 aromatic heterocycles. The van der Waals surface area contributed by atoms with Crippen LogP contribution < -0.4 is 15.0 Å². The number of anilines is 1. The van der Waals surface area contributed by atoms with Gasteiger partial charge in [-0.25, -0.2) is 4.79 Å². The number of fused-ring (bicyclic) bond motifs is 1. The lowest BCUT2D eigenvalue weighted by atomic mass is 9.64. The Balaban J connectivity index is 1.35. The number of amides is 5. The molecule has 1 aromatic carbocycles. The molecule has 1 spiro atoms. The molecule has 1 aliphatic carbocycles. The van der Waals surface area contributed by atoms with Crippen LogP contribution in [-0.2, 0) is 19.1 Å². The van der Waals surface area contributed by atoms with E-state index in [0.29, 0.717) is 50.6 Å². The average Bonchev–Trinajstić information content (AvgIpc) is 3.05. The van der Waals surface area contributed by atoms with Gasteiger partial charge in [0.2, 0.25) is 5.91 Å². The number of rotatable bonds is 3. The van der Waals surface area contributed by atoms with E-state index >= 15 is 0 Å². The molecule has 10 nitrogen and oxygen atoms in total. The van der Waals surface area contributed by atoms with Gasteiger partial charge in [0.05, 0.1) is 25.4 Å². The Morgan fingerprint density at radius 2 is 1.83 bits per heavy atom. The van der Waals surface area contributed by atoms with Gasteiger partial charge in [-0.15, -0.1) is 0 Å². The van der Waals surface area contributed by atoms with E-state index in [0.717, 1.165) is 11.3 Å². The second kappa shape index (κ2) is 9.06. The highest BCUT2D eigenvalue weighted by Gasteiger charge is 2.56.